The Labute approximate surface area is 333 Å². The van der Waals surface area contributed by atoms with E-state index < -0.39 is 24.4 Å². The monoisotopic (exact) mass is 790 g/mol. The number of nitrogens with one attached hydrogen (secondary N) is 2. The van der Waals surface area contributed by atoms with E-state index >= 15 is 0 Å². The molecule has 0 heterocycles. The highest BCUT2D eigenvalue weighted by molar-refractivity contribution is 4.80. The zero-order valence-corrected chi connectivity index (χ0v) is 35.1. The van der Waals surface area contributed by atoms with E-state index in [0.29, 0.717) is 70.7 Å². The van der Waals surface area contributed by atoms with Gasteiger partial charge in [-0.25, -0.2) is 0 Å². The molecule has 0 bridgehead atoms. The van der Waals surface area contributed by atoms with Crippen LogP contribution in [0.25, 0.3) is 0 Å². The van der Waals surface area contributed by atoms with Gasteiger partial charge in [0, 0.05) is 44.3 Å². The second-order valence-electron chi connectivity index (χ2n) is 17.0. The van der Waals surface area contributed by atoms with Crippen molar-refractivity contribution in [2.75, 3.05) is 79.0 Å². The zero-order valence-electron chi connectivity index (χ0n) is 35.1. The van der Waals surface area contributed by atoms with E-state index in [2.05, 4.69) is 15.5 Å². The van der Waals surface area contributed by atoms with Crippen LogP contribution in [0.1, 0.15) is 124 Å². The molecular formula is C42H83N3O10. The summed E-state index contributed by atoms with van der Waals surface area (Å²) < 4.78 is 35.1. The van der Waals surface area contributed by atoms with Gasteiger partial charge >= 0.3 is 0 Å². The highest BCUT2D eigenvalue weighted by atomic mass is 16.6. The summed E-state index contributed by atoms with van der Waals surface area (Å²) in [6, 6.07) is 1.34. The average Bonchev–Trinajstić information content (AvgIpc) is 3.20. The van der Waals surface area contributed by atoms with Crippen LogP contribution in [0.5, 0.6) is 0 Å². The Morgan fingerprint density at radius 1 is 0.436 bits per heavy atom. The summed E-state index contributed by atoms with van der Waals surface area (Å²) in [7, 11) is 0. The number of aliphatic hydroxyl groups excluding tert-OH is 4. The van der Waals surface area contributed by atoms with Crippen LogP contribution in [0.15, 0.2) is 0 Å². The van der Waals surface area contributed by atoms with Crippen molar-refractivity contribution in [3.05, 3.63) is 0 Å². The third-order valence-corrected chi connectivity index (χ3v) is 11.2. The first-order valence-corrected chi connectivity index (χ1v) is 22.1. The van der Waals surface area contributed by atoms with Crippen LogP contribution in [-0.4, -0.2) is 171 Å². The molecule has 6 N–H and O–H groups in total. The number of rotatable bonds is 31. The van der Waals surface area contributed by atoms with Gasteiger partial charge in [0.25, 0.3) is 0 Å². The van der Waals surface area contributed by atoms with Crippen LogP contribution in [-0.2, 0) is 28.4 Å². The highest BCUT2D eigenvalue weighted by Gasteiger charge is 2.26. The fourth-order valence-corrected chi connectivity index (χ4v) is 7.89. The predicted octanol–water partition coefficient (Wildman–Crippen LogP) is 3.56. The fraction of sp³-hybridized carbons (Fsp3) is 1.00. The maximum absolute atomic E-state index is 11.0. The number of hydrogen-bond donors (Lipinski definition) is 6. The van der Waals surface area contributed by atoms with E-state index in [1.165, 1.54) is 70.6 Å². The van der Waals surface area contributed by atoms with Gasteiger partial charge in [-0.1, -0.05) is 57.8 Å². The Bertz CT molecular complexity index is 909. The number of aliphatic hydroxyl groups is 4. The molecule has 0 spiro atoms. The van der Waals surface area contributed by atoms with E-state index in [4.69, 9.17) is 28.4 Å². The Hall–Kier alpha value is -0.520. The summed E-state index contributed by atoms with van der Waals surface area (Å²) in [5.41, 5.74) is 0. The summed E-state index contributed by atoms with van der Waals surface area (Å²) >= 11 is 0. The first-order chi connectivity index (χ1) is 26.6. The smallest absolute Gasteiger partial charge is 0.0900 e. The largest absolute Gasteiger partial charge is 0.389 e. The number of nitrogens with zero attached hydrogens (tertiary/aromatic N) is 1. The van der Waals surface area contributed by atoms with E-state index in [1.54, 1.807) is 0 Å². The molecule has 8 atom stereocenters. The molecule has 0 saturated heterocycles. The van der Waals surface area contributed by atoms with Gasteiger partial charge in [-0.3, -0.25) is 4.90 Å². The molecule has 3 rings (SSSR count). The summed E-state index contributed by atoms with van der Waals surface area (Å²) in [5.74, 6) is 0. The maximum atomic E-state index is 11.0. The van der Waals surface area contributed by atoms with Crippen LogP contribution in [0.4, 0.5) is 0 Å². The summed E-state index contributed by atoms with van der Waals surface area (Å²) in [4.78, 5) is 2.21. The lowest BCUT2D eigenvalue weighted by Gasteiger charge is -2.37. The van der Waals surface area contributed by atoms with E-state index in [-0.39, 0.29) is 50.8 Å². The maximum Gasteiger partial charge on any atom is 0.0900 e. The van der Waals surface area contributed by atoms with Crippen molar-refractivity contribution in [2.24, 2.45) is 0 Å². The first-order valence-electron chi connectivity index (χ1n) is 22.1. The van der Waals surface area contributed by atoms with Gasteiger partial charge in [-0.15, -0.1) is 0 Å². The SMILES string of the molecule is CC(COCC(O)CN(CC(O)COC(C)COC(C)COCC(O)CNC1CCCCC1)C1CCCCC1)OCC(C)OCC(O)CNC1CCCCC1. The Morgan fingerprint density at radius 2 is 0.782 bits per heavy atom. The molecule has 8 unspecified atom stereocenters. The molecule has 13 nitrogen and oxygen atoms in total. The van der Waals surface area contributed by atoms with E-state index in [0.717, 1.165) is 25.7 Å². The van der Waals surface area contributed by atoms with Crippen LogP contribution >= 0.6 is 0 Å². The van der Waals surface area contributed by atoms with E-state index in [1.807, 2.05) is 27.7 Å². The van der Waals surface area contributed by atoms with Gasteiger partial charge in [0.2, 0.25) is 0 Å². The minimum atomic E-state index is -0.700. The lowest BCUT2D eigenvalue weighted by molar-refractivity contribution is -0.0868. The number of hydrogen-bond acceptors (Lipinski definition) is 13. The lowest BCUT2D eigenvalue weighted by atomic mass is 9.93. The third kappa shape index (κ3) is 23.6. The van der Waals surface area contributed by atoms with Crippen molar-refractivity contribution in [1.29, 1.82) is 0 Å². The van der Waals surface area contributed by atoms with E-state index in [9.17, 15) is 20.4 Å². The molecule has 3 saturated carbocycles. The van der Waals surface area contributed by atoms with Crippen molar-refractivity contribution in [1.82, 2.24) is 15.5 Å². The fourth-order valence-electron chi connectivity index (χ4n) is 7.89. The molecule has 0 aromatic carbocycles. The highest BCUT2D eigenvalue weighted by Crippen LogP contribution is 2.23. The van der Waals surface area contributed by atoms with Crippen molar-refractivity contribution < 1.29 is 48.8 Å². The molecule has 3 fully saturated rings. The summed E-state index contributed by atoms with van der Waals surface area (Å²) in [6.07, 6.45) is 14.9. The van der Waals surface area contributed by atoms with Crippen molar-refractivity contribution in [3.63, 3.8) is 0 Å². The molecule has 13 heteroatoms. The molecule has 3 aliphatic carbocycles. The molecule has 0 aliphatic heterocycles. The van der Waals surface area contributed by atoms with Gasteiger partial charge in [-0.05, 0) is 66.2 Å². The Kier molecular flexibility index (Phi) is 26.3. The Morgan fingerprint density at radius 3 is 1.25 bits per heavy atom. The van der Waals surface area contributed by atoms with Crippen molar-refractivity contribution >= 4 is 0 Å². The molecule has 0 aromatic heterocycles. The van der Waals surface area contributed by atoms with Gasteiger partial charge < -0.3 is 59.5 Å². The third-order valence-electron chi connectivity index (χ3n) is 11.2. The second kappa shape index (κ2) is 29.7. The van der Waals surface area contributed by atoms with Crippen molar-refractivity contribution in [3.8, 4) is 0 Å². The second-order valence-corrected chi connectivity index (χ2v) is 17.0. The molecule has 0 radical (unpaired) electrons. The van der Waals surface area contributed by atoms with Gasteiger partial charge in [0.15, 0.2) is 0 Å². The predicted molar refractivity (Wildman–Crippen MR) is 216 cm³/mol. The Balaban J connectivity index is 1.24. The lowest BCUT2D eigenvalue weighted by Crippen LogP contribution is -2.47. The quantitative estimate of drug-likeness (QED) is 0.0606. The molecule has 0 amide bonds. The van der Waals surface area contributed by atoms with Crippen LogP contribution in [0.2, 0.25) is 0 Å². The first kappa shape index (κ1) is 48.8. The molecular weight excluding hydrogens is 706 g/mol. The van der Waals surface area contributed by atoms with Crippen LogP contribution < -0.4 is 10.6 Å². The number of ether oxygens (including phenoxy) is 6. The molecule has 55 heavy (non-hydrogen) atoms. The van der Waals surface area contributed by atoms with Gasteiger partial charge in [0.1, 0.15) is 0 Å². The average molecular weight is 790 g/mol. The molecule has 326 valence electrons. The van der Waals surface area contributed by atoms with Gasteiger partial charge in [-0.2, -0.15) is 0 Å². The zero-order chi connectivity index (χ0) is 39.7. The van der Waals surface area contributed by atoms with Crippen molar-refractivity contribution in [2.45, 2.75) is 191 Å². The standard InChI is InChI=1S/C42H83N3O10/c1-32(24-50-28-39(46)20-43-36-14-8-5-9-15-36)53-27-35(4)55-31-42(49)23-45(38-18-12-7-13-19-38)22-41(48)29-51-25-33(2)52-26-34(3)54-30-40(47)21-44-37-16-10-6-11-17-37/h32-44,46-49H,5-31H2,1-4H3. The molecule has 0 aromatic rings. The minimum absolute atomic E-state index is 0.143. The minimum Gasteiger partial charge on any atom is -0.389 e. The van der Waals surface area contributed by atoms with Crippen LogP contribution in [0, 0.1) is 0 Å². The topological polar surface area (TPSA) is 164 Å². The molecule has 3 aliphatic rings. The normalized spacial score (nSPS) is 22.6. The summed E-state index contributed by atoms with van der Waals surface area (Å²) in [5, 5.41) is 49.4. The van der Waals surface area contributed by atoms with Crippen LogP contribution in [0.3, 0.4) is 0 Å². The summed E-state index contributed by atoms with van der Waals surface area (Å²) in [6.45, 7) is 12.1. The van der Waals surface area contributed by atoms with Gasteiger partial charge in [0.05, 0.1) is 102 Å².